The Morgan fingerprint density at radius 2 is 2.05 bits per heavy atom. The molecule has 20 heavy (non-hydrogen) atoms. The van der Waals surface area contributed by atoms with Crippen molar-refractivity contribution < 1.29 is 19.4 Å². The van der Waals surface area contributed by atoms with Crippen LogP contribution in [0.4, 0.5) is 5.69 Å². The normalized spacial score (nSPS) is 11.1. The predicted molar refractivity (Wildman–Crippen MR) is 76.4 cm³/mol. The van der Waals surface area contributed by atoms with Crippen LogP contribution in [0, 0.1) is 5.41 Å². The summed E-state index contributed by atoms with van der Waals surface area (Å²) in [6, 6.07) is 2.60. The smallest absolute Gasteiger partial charge is 0.339 e. The highest BCUT2D eigenvalue weighted by Crippen LogP contribution is 2.32. The molecule has 0 unspecified atom stereocenters. The van der Waals surface area contributed by atoms with Crippen LogP contribution in [0.3, 0.4) is 0 Å². The average Bonchev–Trinajstić information content (AvgIpc) is 2.40. The third-order valence-corrected chi connectivity index (χ3v) is 3.21. The number of amides is 1. The molecule has 0 aromatic heterocycles. The SMILES string of the molecule is COc1cc(NC(=O)C(C)(C)CN)c(Cl)cc1C(=O)O. The molecule has 7 heteroatoms. The quantitative estimate of drug-likeness (QED) is 0.771. The molecule has 0 heterocycles. The van der Waals surface area contributed by atoms with Crippen LogP contribution < -0.4 is 15.8 Å². The number of ether oxygens (including phenoxy) is 1. The molecule has 0 aliphatic rings. The lowest BCUT2D eigenvalue weighted by Gasteiger charge is -2.22. The number of aromatic carboxylic acids is 1. The van der Waals surface area contributed by atoms with Crippen molar-refractivity contribution in [1.82, 2.24) is 0 Å². The number of hydrogen-bond donors (Lipinski definition) is 3. The number of nitrogens with two attached hydrogens (primary N) is 1. The third kappa shape index (κ3) is 3.40. The maximum absolute atomic E-state index is 12.0. The number of carboxylic acids is 1. The van der Waals surface area contributed by atoms with E-state index in [9.17, 15) is 9.59 Å². The van der Waals surface area contributed by atoms with Crippen molar-refractivity contribution in [1.29, 1.82) is 0 Å². The summed E-state index contributed by atoms with van der Waals surface area (Å²) in [6.07, 6.45) is 0. The molecule has 0 radical (unpaired) electrons. The van der Waals surface area contributed by atoms with Crippen molar-refractivity contribution in [3.63, 3.8) is 0 Å². The molecule has 1 aromatic rings. The standard InChI is InChI=1S/C13H17ClN2O4/c1-13(2,6-15)12(19)16-9-5-10(20-3)7(11(17)18)4-8(9)14/h4-5H,6,15H2,1-3H3,(H,16,19)(H,17,18). The van der Waals surface area contributed by atoms with Crippen molar-refractivity contribution in [2.24, 2.45) is 11.1 Å². The van der Waals surface area contributed by atoms with Gasteiger partial charge in [-0.05, 0) is 19.9 Å². The van der Waals surface area contributed by atoms with Crippen LogP contribution in [0.15, 0.2) is 12.1 Å². The number of halogens is 1. The van der Waals surface area contributed by atoms with Crippen LogP contribution in [0.1, 0.15) is 24.2 Å². The van der Waals surface area contributed by atoms with Crippen LogP contribution in [0.2, 0.25) is 5.02 Å². The van der Waals surface area contributed by atoms with Gasteiger partial charge in [0, 0.05) is 12.6 Å². The number of benzene rings is 1. The summed E-state index contributed by atoms with van der Waals surface area (Å²) in [6.45, 7) is 3.55. The number of carbonyl (C=O) groups is 2. The second-order valence-corrected chi connectivity index (χ2v) is 5.29. The van der Waals surface area contributed by atoms with E-state index in [-0.39, 0.29) is 34.5 Å². The Hall–Kier alpha value is -1.79. The highest BCUT2D eigenvalue weighted by Gasteiger charge is 2.27. The highest BCUT2D eigenvalue weighted by atomic mass is 35.5. The van der Waals surface area contributed by atoms with E-state index < -0.39 is 11.4 Å². The van der Waals surface area contributed by atoms with Crippen LogP contribution in [-0.2, 0) is 4.79 Å². The first-order valence-electron chi connectivity index (χ1n) is 5.85. The number of anilines is 1. The lowest BCUT2D eigenvalue weighted by Crippen LogP contribution is -2.37. The fourth-order valence-corrected chi connectivity index (χ4v) is 1.58. The molecule has 0 aliphatic carbocycles. The lowest BCUT2D eigenvalue weighted by atomic mass is 9.92. The molecule has 0 saturated heterocycles. The molecule has 1 rings (SSSR count). The van der Waals surface area contributed by atoms with Gasteiger partial charge in [-0.3, -0.25) is 4.79 Å². The van der Waals surface area contributed by atoms with Crippen LogP contribution in [-0.4, -0.2) is 30.6 Å². The zero-order valence-corrected chi connectivity index (χ0v) is 12.2. The van der Waals surface area contributed by atoms with Gasteiger partial charge in [-0.15, -0.1) is 0 Å². The van der Waals surface area contributed by atoms with Crippen LogP contribution in [0.5, 0.6) is 5.75 Å². The lowest BCUT2D eigenvalue weighted by molar-refractivity contribution is -0.123. The zero-order valence-electron chi connectivity index (χ0n) is 11.5. The molecular weight excluding hydrogens is 284 g/mol. The number of nitrogens with one attached hydrogen (secondary N) is 1. The van der Waals surface area contributed by atoms with Gasteiger partial charge in [-0.2, -0.15) is 0 Å². The maximum atomic E-state index is 12.0. The summed E-state index contributed by atoms with van der Waals surface area (Å²) in [4.78, 5) is 23.1. The molecule has 0 aliphatic heterocycles. The Morgan fingerprint density at radius 1 is 1.45 bits per heavy atom. The summed E-state index contributed by atoms with van der Waals surface area (Å²) < 4.78 is 4.98. The van der Waals surface area contributed by atoms with Gasteiger partial charge in [0.25, 0.3) is 0 Å². The van der Waals surface area contributed by atoms with E-state index in [0.717, 1.165) is 0 Å². The fraction of sp³-hybridized carbons (Fsp3) is 0.385. The monoisotopic (exact) mass is 300 g/mol. The number of carbonyl (C=O) groups excluding carboxylic acids is 1. The number of carboxylic acid groups (broad SMARTS) is 1. The molecule has 4 N–H and O–H groups in total. The summed E-state index contributed by atoms with van der Waals surface area (Å²) in [5.74, 6) is -1.36. The molecular formula is C13H17ClN2O4. The fourth-order valence-electron chi connectivity index (χ4n) is 1.37. The van der Waals surface area contributed by atoms with Crippen molar-refractivity contribution in [2.75, 3.05) is 19.0 Å². The van der Waals surface area contributed by atoms with Gasteiger partial charge in [-0.25, -0.2) is 4.79 Å². The van der Waals surface area contributed by atoms with Gasteiger partial charge in [0.1, 0.15) is 11.3 Å². The van der Waals surface area contributed by atoms with Crippen molar-refractivity contribution in [3.8, 4) is 5.75 Å². The van der Waals surface area contributed by atoms with Gasteiger partial charge in [0.05, 0.1) is 23.2 Å². The molecule has 6 nitrogen and oxygen atoms in total. The number of hydrogen-bond acceptors (Lipinski definition) is 4. The second-order valence-electron chi connectivity index (χ2n) is 4.88. The second kappa shape index (κ2) is 6.11. The molecule has 110 valence electrons. The number of rotatable bonds is 5. The van der Waals surface area contributed by atoms with E-state index in [2.05, 4.69) is 5.32 Å². The Bertz CT molecular complexity index is 543. The van der Waals surface area contributed by atoms with Crippen molar-refractivity contribution >= 4 is 29.2 Å². The molecule has 0 atom stereocenters. The molecule has 0 spiro atoms. The van der Waals surface area contributed by atoms with Crippen molar-refractivity contribution in [2.45, 2.75) is 13.8 Å². The number of methoxy groups -OCH3 is 1. The Balaban J connectivity index is 3.15. The van der Waals surface area contributed by atoms with Crippen molar-refractivity contribution in [3.05, 3.63) is 22.7 Å². The third-order valence-electron chi connectivity index (χ3n) is 2.89. The van der Waals surface area contributed by atoms with E-state index in [4.69, 9.17) is 27.2 Å². The van der Waals surface area contributed by atoms with Crippen LogP contribution >= 0.6 is 11.6 Å². The van der Waals surface area contributed by atoms with E-state index in [1.54, 1.807) is 13.8 Å². The average molecular weight is 301 g/mol. The summed E-state index contributed by atoms with van der Waals surface area (Å²) in [5.41, 5.74) is 4.96. The minimum atomic E-state index is -1.16. The summed E-state index contributed by atoms with van der Waals surface area (Å²) >= 11 is 5.97. The first kappa shape index (κ1) is 16.3. The first-order chi connectivity index (χ1) is 9.22. The largest absolute Gasteiger partial charge is 0.496 e. The Kier molecular flexibility index (Phi) is 4.97. The van der Waals surface area contributed by atoms with Gasteiger partial charge < -0.3 is 20.9 Å². The predicted octanol–water partition coefficient (Wildman–Crippen LogP) is 1.97. The Labute approximate surface area is 121 Å². The van der Waals surface area contributed by atoms with E-state index in [0.29, 0.717) is 0 Å². The topological polar surface area (TPSA) is 102 Å². The van der Waals surface area contributed by atoms with Gasteiger partial charge >= 0.3 is 5.97 Å². The zero-order chi connectivity index (χ0) is 15.5. The molecule has 1 amide bonds. The van der Waals surface area contributed by atoms with Gasteiger partial charge in [-0.1, -0.05) is 11.6 Å². The molecule has 0 saturated carbocycles. The minimum absolute atomic E-state index is 0.0754. The van der Waals surface area contributed by atoms with Gasteiger partial charge in [0.2, 0.25) is 5.91 Å². The van der Waals surface area contributed by atoms with Gasteiger partial charge in [0.15, 0.2) is 0 Å². The molecule has 0 fully saturated rings. The van der Waals surface area contributed by atoms with E-state index in [1.165, 1.54) is 19.2 Å². The summed E-state index contributed by atoms with van der Waals surface area (Å²) in [5, 5.41) is 11.8. The summed E-state index contributed by atoms with van der Waals surface area (Å²) in [7, 11) is 1.34. The van der Waals surface area contributed by atoms with E-state index >= 15 is 0 Å². The van der Waals surface area contributed by atoms with E-state index in [1.807, 2.05) is 0 Å². The minimum Gasteiger partial charge on any atom is -0.496 e. The highest BCUT2D eigenvalue weighted by molar-refractivity contribution is 6.34. The Morgan fingerprint density at radius 3 is 2.50 bits per heavy atom. The van der Waals surface area contributed by atoms with Crippen LogP contribution in [0.25, 0.3) is 0 Å². The molecule has 1 aromatic carbocycles. The first-order valence-corrected chi connectivity index (χ1v) is 6.23. The maximum Gasteiger partial charge on any atom is 0.339 e. The molecule has 0 bridgehead atoms.